The van der Waals surface area contributed by atoms with Crippen LogP contribution < -0.4 is 21.2 Å². The van der Waals surface area contributed by atoms with Gasteiger partial charge in [0, 0.05) is 0 Å². The second-order valence-electron chi connectivity index (χ2n) is 8.14. The highest BCUT2D eigenvalue weighted by atomic mass is 35.5. The molecule has 8 heteroatoms. The number of hydrogen-bond acceptors (Lipinski definition) is 3. The summed E-state index contributed by atoms with van der Waals surface area (Å²) in [5, 5.41) is 5.16. The van der Waals surface area contributed by atoms with Crippen LogP contribution in [0.3, 0.4) is 0 Å². The van der Waals surface area contributed by atoms with Crippen molar-refractivity contribution in [2.24, 2.45) is 0 Å². The van der Waals surface area contributed by atoms with Gasteiger partial charge >= 0.3 is 0 Å². The van der Waals surface area contributed by atoms with Gasteiger partial charge < -0.3 is 4.55 Å². The first kappa shape index (κ1) is 28.3. The largest absolute Gasteiger partial charge is 0.744 e. The fourth-order valence-corrected chi connectivity index (χ4v) is 9.90. The number of halogens is 3. The molecule has 0 N–H and O–H groups in total. The first-order valence-corrected chi connectivity index (χ1v) is 15.8. The van der Waals surface area contributed by atoms with Crippen molar-refractivity contribution in [2.75, 3.05) is 0 Å². The van der Waals surface area contributed by atoms with Crippen molar-refractivity contribution in [2.45, 2.75) is 4.90 Å². The van der Waals surface area contributed by atoms with Crippen LogP contribution in [0.15, 0.2) is 138 Å². The quantitative estimate of drug-likeness (QED) is 0.126. The molecule has 0 aliphatic carbocycles. The molecule has 0 heterocycles. The van der Waals surface area contributed by atoms with E-state index in [1.807, 2.05) is 0 Å². The van der Waals surface area contributed by atoms with E-state index in [1.54, 1.807) is 0 Å². The molecule has 0 fully saturated rings. The van der Waals surface area contributed by atoms with E-state index < -0.39 is 22.3 Å². The molecular weight excluding hydrogens is 578 g/mol. The van der Waals surface area contributed by atoms with Gasteiger partial charge in [-0.1, -0.05) is 108 Å². The summed E-state index contributed by atoms with van der Waals surface area (Å²) < 4.78 is 31.7. The van der Waals surface area contributed by atoms with Gasteiger partial charge in [0.15, 0.2) is 0 Å². The van der Waals surface area contributed by atoms with Gasteiger partial charge in [0.2, 0.25) is 0 Å². The van der Waals surface area contributed by atoms with Gasteiger partial charge in [0.05, 0.1) is 20.0 Å². The standard InChI is InChI=1S/C24H20P.C6H3Cl3O3S/c1-5-13-21(14-6-1)25(22-15-7-2-8-16-22,23-17-9-3-10-18-23)24-19-11-4-12-20-24;7-3-1-2-4(13(10,11)12)6(9)5(3)8/h1-20H;1-2H,(H,10,11,12)/q+1;/p-1. The van der Waals surface area contributed by atoms with Crippen molar-refractivity contribution in [3.05, 3.63) is 149 Å². The summed E-state index contributed by atoms with van der Waals surface area (Å²) >= 11 is 16.5. The molecule has 5 aromatic rings. The number of hydrogen-bond donors (Lipinski definition) is 0. The van der Waals surface area contributed by atoms with Crippen LogP contribution in [-0.2, 0) is 10.1 Å². The lowest BCUT2D eigenvalue weighted by Gasteiger charge is -2.27. The molecule has 5 rings (SSSR count). The van der Waals surface area contributed by atoms with E-state index in [-0.39, 0.29) is 15.1 Å². The van der Waals surface area contributed by atoms with Crippen molar-refractivity contribution in [3.8, 4) is 0 Å². The minimum Gasteiger partial charge on any atom is -0.744 e. The Balaban J connectivity index is 0.000000219. The van der Waals surface area contributed by atoms with Crippen LogP contribution in [0.25, 0.3) is 0 Å². The molecule has 0 atom stereocenters. The first-order valence-electron chi connectivity index (χ1n) is 11.5. The summed E-state index contributed by atoms with van der Waals surface area (Å²) in [5.74, 6) is 0. The zero-order valence-electron chi connectivity index (χ0n) is 19.9. The summed E-state index contributed by atoms with van der Waals surface area (Å²) in [5.41, 5.74) is 0. The third kappa shape index (κ3) is 5.97. The SMILES string of the molecule is O=S(=O)([O-])c1ccc(Cl)c(Cl)c1Cl.c1ccc([P+](c2ccccc2)(c2ccccc2)c2ccccc2)cc1. The molecule has 0 amide bonds. The Bertz CT molecular complexity index is 1440. The van der Waals surface area contributed by atoms with Crippen LogP contribution >= 0.6 is 42.1 Å². The van der Waals surface area contributed by atoms with E-state index in [0.717, 1.165) is 6.07 Å². The van der Waals surface area contributed by atoms with Crippen LogP contribution in [-0.4, -0.2) is 13.0 Å². The van der Waals surface area contributed by atoms with E-state index in [0.29, 0.717) is 0 Å². The Labute approximate surface area is 238 Å². The molecule has 5 aromatic carbocycles. The van der Waals surface area contributed by atoms with E-state index in [9.17, 15) is 13.0 Å². The molecule has 0 aliphatic rings. The topological polar surface area (TPSA) is 57.2 Å². The Morgan fingerprint density at radius 1 is 0.474 bits per heavy atom. The van der Waals surface area contributed by atoms with E-state index >= 15 is 0 Å². The number of rotatable bonds is 5. The lowest BCUT2D eigenvalue weighted by atomic mass is 10.3. The summed E-state index contributed by atoms with van der Waals surface area (Å²) in [4.78, 5) is -0.566. The third-order valence-corrected chi connectivity index (χ3v) is 12.4. The molecule has 192 valence electrons. The maximum absolute atomic E-state index is 10.6. The highest BCUT2D eigenvalue weighted by Gasteiger charge is 2.47. The first-order chi connectivity index (χ1) is 18.3. The molecule has 0 spiro atoms. The molecule has 0 aliphatic heterocycles. The van der Waals surface area contributed by atoms with Crippen LogP contribution in [0.4, 0.5) is 0 Å². The molecular formula is C30H22Cl3O3PS. The number of benzene rings is 5. The summed E-state index contributed by atoms with van der Waals surface area (Å²) in [6.07, 6.45) is 0. The average molecular weight is 600 g/mol. The van der Waals surface area contributed by atoms with E-state index in [4.69, 9.17) is 34.8 Å². The molecule has 0 radical (unpaired) electrons. The fraction of sp³-hybridized carbons (Fsp3) is 0. The van der Waals surface area contributed by atoms with Crippen LogP contribution in [0.5, 0.6) is 0 Å². The van der Waals surface area contributed by atoms with Gasteiger partial charge in [-0.2, -0.15) is 0 Å². The second kappa shape index (κ2) is 12.4. The molecule has 0 saturated heterocycles. The van der Waals surface area contributed by atoms with Crippen molar-refractivity contribution < 1.29 is 13.0 Å². The molecule has 0 unspecified atom stereocenters. The molecule has 38 heavy (non-hydrogen) atoms. The Kier molecular flexibility index (Phi) is 9.27. The summed E-state index contributed by atoms with van der Waals surface area (Å²) in [6.45, 7) is 0. The van der Waals surface area contributed by atoms with Crippen LogP contribution in [0.2, 0.25) is 15.1 Å². The van der Waals surface area contributed by atoms with Crippen LogP contribution in [0, 0.1) is 0 Å². The predicted octanol–water partition coefficient (Wildman–Crippen LogP) is 6.86. The minimum absolute atomic E-state index is 0.0964. The third-order valence-electron chi connectivity index (χ3n) is 5.84. The van der Waals surface area contributed by atoms with Gasteiger partial charge in [-0.25, -0.2) is 8.42 Å². The van der Waals surface area contributed by atoms with Crippen molar-refractivity contribution in [1.82, 2.24) is 0 Å². The molecule has 0 saturated carbocycles. The summed E-state index contributed by atoms with van der Waals surface area (Å²) in [7, 11) is -6.50. The van der Waals surface area contributed by atoms with Crippen molar-refractivity contribution in [3.63, 3.8) is 0 Å². The van der Waals surface area contributed by atoms with Crippen molar-refractivity contribution in [1.29, 1.82) is 0 Å². The van der Waals surface area contributed by atoms with Gasteiger partial charge in [0.25, 0.3) is 0 Å². The van der Waals surface area contributed by atoms with E-state index in [1.165, 1.54) is 27.3 Å². The zero-order valence-corrected chi connectivity index (χ0v) is 23.9. The fourth-order valence-electron chi connectivity index (χ4n) is 4.20. The zero-order chi connectivity index (χ0) is 27.2. The van der Waals surface area contributed by atoms with Gasteiger partial charge in [-0.15, -0.1) is 0 Å². The Morgan fingerprint density at radius 2 is 0.789 bits per heavy atom. The highest BCUT2D eigenvalue weighted by molar-refractivity contribution is 8.01. The maximum atomic E-state index is 10.6. The highest BCUT2D eigenvalue weighted by Crippen LogP contribution is 2.54. The molecule has 3 nitrogen and oxygen atoms in total. The van der Waals surface area contributed by atoms with Gasteiger partial charge in [-0.3, -0.25) is 0 Å². The monoisotopic (exact) mass is 598 g/mol. The second-order valence-corrected chi connectivity index (χ2v) is 14.1. The Morgan fingerprint density at radius 3 is 1.08 bits per heavy atom. The van der Waals surface area contributed by atoms with Gasteiger partial charge in [0.1, 0.15) is 38.6 Å². The lowest BCUT2D eigenvalue weighted by molar-refractivity contribution is 0.463. The van der Waals surface area contributed by atoms with Crippen LogP contribution in [0.1, 0.15) is 0 Å². The van der Waals surface area contributed by atoms with Crippen molar-refractivity contribution >= 4 is 73.4 Å². The maximum Gasteiger partial charge on any atom is 0.144 e. The van der Waals surface area contributed by atoms with Gasteiger partial charge in [-0.05, 0) is 60.7 Å². The normalized spacial score (nSPS) is 11.4. The Hall–Kier alpha value is -2.69. The average Bonchev–Trinajstić information content (AvgIpc) is 2.94. The summed E-state index contributed by atoms with van der Waals surface area (Å²) in [6, 6.07) is 46.0. The lowest BCUT2D eigenvalue weighted by Crippen LogP contribution is -2.38. The molecule has 0 aromatic heterocycles. The van der Waals surface area contributed by atoms with E-state index in [2.05, 4.69) is 121 Å². The minimum atomic E-state index is -4.60. The molecule has 0 bridgehead atoms. The predicted molar refractivity (Wildman–Crippen MR) is 161 cm³/mol. The smallest absolute Gasteiger partial charge is 0.144 e.